The first kappa shape index (κ1) is 14.9. The molecule has 0 aliphatic heterocycles. The van der Waals surface area contributed by atoms with Crippen LogP contribution in [0.25, 0.3) is 55.4 Å². The highest BCUT2D eigenvalue weighted by Crippen LogP contribution is 2.30. The second-order valence-electron chi connectivity index (χ2n) is 7.59. The Kier molecular flexibility index (Phi) is 3.66. The van der Waals surface area contributed by atoms with Crippen molar-refractivity contribution in [2.45, 2.75) is 0 Å². The zero-order chi connectivity index (χ0) is 26.6. The summed E-state index contributed by atoms with van der Waals surface area (Å²) in [5.74, 6) is 0.163. The number of halogens is 1. The molecule has 5 aromatic carbocycles. The van der Waals surface area contributed by atoms with Gasteiger partial charge in [-0.1, -0.05) is 90.9 Å². The number of benzene rings is 5. The van der Waals surface area contributed by atoms with Gasteiger partial charge in [0.1, 0.15) is 0 Å². The molecule has 33 heavy (non-hydrogen) atoms. The van der Waals surface area contributed by atoms with E-state index in [1.54, 1.807) is 0 Å². The molecule has 0 radical (unpaired) electrons. The van der Waals surface area contributed by atoms with Gasteiger partial charge < -0.3 is 0 Å². The molecule has 0 bridgehead atoms. The Morgan fingerprint density at radius 2 is 1.03 bits per heavy atom. The van der Waals surface area contributed by atoms with Crippen molar-refractivity contribution in [3.8, 4) is 33.9 Å². The summed E-state index contributed by atoms with van der Waals surface area (Å²) < 4.78 is 40.2. The van der Waals surface area contributed by atoms with E-state index in [4.69, 9.17) is 18.5 Å². The van der Waals surface area contributed by atoms with Gasteiger partial charge in [0.2, 0.25) is 5.28 Å². The Balaban J connectivity index is 1.42. The summed E-state index contributed by atoms with van der Waals surface area (Å²) in [7, 11) is 0. The molecule has 1 aromatic heterocycles. The van der Waals surface area contributed by atoms with Crippen LogP contribution in [-0.4, -0.2) is 15.0 Å². The number of hydrogen-bond acceptors (Lipinski definition) is 3. The predicted octanol–water partition coefficient (Wildman–Crippen LogP) is 7.83. The fraction of sp³-hybridized carbons (Fsp3) is 0. The molecular formula is C29H18ClN3. The van der Waals surface area contributed by atoms with Gasteiger partial charge in [-0.15, -0.1) is 0 Å². The molecule has 1 heterocycles. The van der Waals surface area contributed by atoms with Gasteiger partial charge in [0.15, 0.2) is 11.6 Å². The van der Waals surface area contributed by atoms with Gasteiger partial charge in [-0.05, 0) is 62.5 Å². The summed E-state index contributed by atoms with van der Waals surface area (Å²) in [6.07, 6.45) is 0. The molecule has 6 rings (SSSR count). The Labute approximate surface area is 203 Å². The highest BCUT2D eigenvalue weighted by molar-refractivity contribution is 6.28. The molecule has 0 saturated carbocycles. The van der Waals surface area contributed by atoms with Gasteiger partial charge in [0.05, 0.1) is 6.85 Å². The van der Waals surface area contributed by atoms with Crippen LogP contribution >= 0.6 is 11.6 Å². The molecule has 0 saturated heterocycles. The van der Waals surface area contributed by atoms with E-state index in [0.29, 0.717) is 5.56 Å². The summed E-state index contributed by atoms with van der Waals surface area (Å²) in [6, 6.07) is 24.4. The molecule has 0 spiro atoms. The van der Waals surface area contributed by atoms with Crippen LogP contribution in [0.4, 0.5) is 0 Å². The van der Waals surface area contributed by atoms with Crippen LogP contribution in [-0.2, 0) is 0 Å². The fourth-order valence-corrected chi connectivity index (χ4v) is 4.05. The molecule has 0 aliphatic carbocycles. The van der Waals surface area contributed by atoms with Gasteiger partial charge in [-0.2, -0.15) is 9.97 Å². The number of nitrogens with zero attached hydrogens (tertiary/aromatic N) is 3. The second kappa shape index (κ2) is 8.12. The van der Waals surface area contributed by atoms with Gasteiger partial charge in [-0.25, -0.2) is 4.98 Å². The van der Waals surface area contributed by atoms with Gasteiger partial charge in [0.25, 0.3) is 0 Å². The lowest BCUT2D eigenvalue weighted by molar-refractivity contribution is 1.07. The van der Waals surface area contributed by atoms with Crippen LogP contribution in [0.15, 0.2) is 109 Å². The van der Waals surface area contributed by atoms with Gasteiger partial charge in [-0.3, -0.25) is 0 Å². The maximum Gasteiger partial charge on any atom is 0.226 e. The SMILES string of the molecule is [2H]c1c([2H])c([2H])c(-c2nc(Cl)nc(-c3ccc4cc(-c5ccc6ccccc6c5)ccc4c3)n2)c([2H])c1[2H]. The molecule has 0 fully saturated rings. The molecule has 156 valence electrons. The van der Waals surface area contributed by atoms with Crippen molar-refractivity contribution >= 4 is 33.1 Å². The van der Waals surface area contributed by atoms with Crippen LogP contribution in [0.2, 0.25) is 5.28 Å². The average Bonchev–Trinajstić information content (AvgIpc) is 2.94. The minimum atomic E-state index is -0.485. The summed E-state index contributed by atoms with van der Waals surface area (Å²) in [6.45, 7) is 0. The van der Waals surface area contributed by atoms with E-state index in [2.05, 4.69) is 57.4 Å². The highest BCUT2D eigenvalue weighted by atomic mass is 35.5. The van der Waals surface area contributed by atoms with Crippen molar-refractivity contribution in [1.29, 1.82) is 0 Å². The molecule has 3 nitrogen and oxygen atoms in total. The zero-order valence-corrected chi connectivity index (χ0v) is 18.0. The van der Waals surface area contributed by atoms with Gasteiger partial charge >= 0.3 is 0 Å². The van der Waals surface area contributed by atoms with Crippen molar-refractivity contribution in [2.75, 3.05) is 0 Å². The van der Waals surface area contributed by atoms with Crippen LogP contribution in [0.3, 0.4) is 0 Å². The lowest BCUT2D eigenvalue weighted by atomic mass is 9.98. The number of hydrogen-bond donors (Lipinski definition) is 0. The quantitative estimate of drug-likeness (QED) is 0.277. The second-order valence-corrected chi connectivity index (χ2v) is 7.93. The molecular weight excluding hydrogens is 426 g/mol. The molecule has 0 unspecified atom stereocenters. The number of fused-ring (bicyclic) bond motifs is 2. The Hall–Kier alpha value is -4.08. The van der Waals surface area contributed by atoms with Gasteiger partial charge in [0, 0.05) is 11.1 Å². The normalized spacial score (nSPS) is 13.3. The Morgan fingerprint density at radius 1 is 0.515 bits per heavy atom. The summed E-state index contributed by atoms with van der Waals surface area (Å²) in [5.41, 5.74) is 2.76. The Bertz CT molecular complexity index is 1880. The molecule has 6 aromatic rings. The van der Waals surface area contributed by atoms with E-state index in [0.717, 1.165) is 21.9 Å². The third-order valence-corrected chi connectivity index (χ3v) is 5.68. The first-order chi connectivity index (χ1) is 18.3. The lowest BCUT2D eigenvalue weighted by Gasteiger charge is -2.08. The van der Waals surface area contributed by atoms with Crippen molar-refractivity contribution in [2.24, 2.45) is 0 Å². The summed E-state index contributed by atoms with van der Waals surface area (Å²) in [4.78, 5) is 12.7. The summed E-state index contributed by atoms with van der Waals surface area (Å²) in [5, 5.41) is 4.24. The van der Waals surface area contributed by atoms with E-state index in [9.17, 15) is 0 Å². The predicted molar refractivity (Wildman–Crippen MR) is 136 cm³/mol. The third-order valence-electron chi connectivity index (χ3n) is 5.51. The minimum Gasteiger partial charge on any atom is -0.208 e. The van der Waals surface area contributed by atoms with Crippen LogP contribution < -0.4 is 0 Å². The molecule has 0 atom stereocenters. The maximum absolute atomic E-state index is 8.25. The number of aromatic nitrogens is 3. The topological polar surface area (TPSA) is 38.7 Å². The molecule has 0 N–H and O–H groups in total. The zero-order valence-electron chi connectivity index (χ0n) is 22.2. The van der Waals surface area contributed by atoms with E-state index in [1.807, 2.05) is 36.4 Å². The van der Waals surface area contributed by atoms with Crippen LogP contribution in [0.1, 0.15) is 6.85 Å². The van der Waals surface area contributed by atoms with Crippen LogP contribution in [0, 0.1) is 0 Å². The monoisotopic (exact) mass is 448 g/mol. The first-order valence-corrected chi connectivity index (χ1v) is 10.7. The third kappa shape index (κ3) is 3.84. The summed E-state index contributed by atoms with van der Waals surface area (Å²) >= 11 is 6.20. The average molecular weight is 449 g/mol. The first-order valence-electron chi connectivity index (χ1n) is 12.8. The van der Waals surface area contributed by atoms with Crippen molar-refractivity contribution in [3.63, 3.8) is 0 Å². The molecule has 0 amide bonds. The molecule has 0 aliphatic rings. The number of rotatable bonds is 3. The van der Waals surface area contributed by atoms with E-state index in [-0.39, 0.29) is 22.5 Å². The maximum atomic E-state index is 8.25. The molecule has 4 heteroatoms. The standard InChI is InChI=1S/C29H18ClN3/c30-29-32-27(20-7-2-1-3-8-20)31-28(33-29)26-15-14-24-17-23(12-13-25(24)18-26)22-11-10-19-6-4-5-9-21(19)16-22/h1-18H/i1D,2D,3D,7D,8D. The van der Waals surface area contributed by atoms with Crippen molar-refractivity contribution in [1.82, 2.24) is 15.0 Å². The van der Waals surface area contributed by atoms with E-state index >= 15 is 0 Å². The van der Waals surface area contributed by atoms with Crippen molar-refractivity contribution in [3.05, 3.63) is 114 Å². The lowest BCUT2D eigenvalue weighted by Crippen LogP contribution is -1.97. The Morgan fingerprint density at radius 3 is 1.73 bits per heavy atom. The minimum absolute atomic E-state index is 0.0799. The smallest absolute Gasteiger partial charge is 0.208 e. The van der Waals surface area contributed by atoms with Crippen LogP contribution in [0.5, 0.6) is 0 Å². The fourth-order valence-electron chi connectivity index (χ4n) is 3.89. The van der Waals surface area contributed by atoms with E-state index < -0.39 is 30.2 Å². The largest absolute Gasteiger partial charge is 0.226 e. The van der Waals surface area contributed by atoms with E-state index in [1.165, 1.54) is 10.8 Å². The van der Waals surface area contributed by atoms with Crippen molar-refractivity contribution < 1.29 is 6.85 Å². The highest BCUT2D eigenvalue weighted by Gasteiger charge is 2.10.